The molecule has 5 rings (SSSR count). The summed E-state index contributed by atoms with van der Waals surface area (Å²) >= 11 is 0. The van der Waals surface area contributed by atoms with E-state index < -0.39 is 28.9 Å². The fraction of sp³-hybridized carbons (Fsp3) is 0.0714. The minimum absolute atomic E-state index is 0.00858. The van der Waals surface area contributed by atoms with Crippen LogP contribution in [0, 0.1) is 5.82 Å². The molecule has 196 valence electrons. The molecule has 2 aromatic heterocycles. The van der Waals surface area contributed by atoms with Gasteiger partial charge >= 0.3 is 6.18 Å². The van der Waals surface area contributed by atoms with Gasteiger partial charge in [-0.25, -0.2) is 4.39 Å². The van der Waals surface area contributed by atoms with Crippen LogP contribution in [0.4, 0.5) is 17.6 Å². The molecule has 0 amide bonds. The molecule has 2 heterocycles. The van der Waals surface area contributed by atoms with Crippen molar-refractivity contribution in [3.63, 3.8) is 0 Å². The average Bonchev–Trinajstić information content (AvgIpc) is 3.35. The number of hydrogen-bond donors (Lipinski definition) is 1. The van der Waals surface area contributed by atoms with Gasteiger partial charge in [0.2, 0.25) is 0 Å². The lowest BCUT2D eigenvalue weighted by Crippen LogP contribution is -2.07. The van der Waals surface area contributed by atoms with Gasteiger partial charge in [0.05, 0.1) is 22.9 Å². The summed E-state index contributed by atoms with van der Waals surface area (Å²) in [7, 11) is 1.70. The quantitative estimate of drug-likeness (QED) is 0.195. The van der Waals surface area contributed by atoms with Crippen LogP contribution < -0.4 is 4.74 Å². The summed E-state index contributed by atoms with van der Waals surface area (Å²) in [6.45, 7) is 0. The van der Waals surface area contributed by atoms with E-state index in [0.29, 0.717) is 28.2 Å². The van der Waals surface area contributed by atoms with E-state index in [1.54, 1.807) is 13.2 Å². The first-order valence-electron chi connectivity index (χ1n) is 11.3. The molecule has 0 fully saturated rings. The van der Waals surface area contributed by atoms with Crippen LogP contribution >= 0.6 is 0 Å². The number of ether oxygens (including phenoxy) is 1. The summed E-state index contributed by atoms with van der Waals surface area (Å²) in [5.74, 6) is -2.10. The van der Waals surface area contributed by atoms with Crippen LogP contribution in [0.2, 0.25) is 0 Å². The third kappa shape index (κ3) is 4.81. The minimum Gasteiger partial charge on any atom is -0.507 e. The maximum absolute atomic E-state index is 15.0. The van der Waals surface area contributed by atoms with Crippen molar-refractivity contribution in [3.05, 3.63) is 89.8 Å². The number of benzene rings is 3. The summed E-state index contributed by atoms with van der Waals surface area (Å²) in [5.41, 5.74) is -0.609. The molecule has 0 radical (unpaired) electrons. The lowest BCUT2D eigenvalue weighted by atomic mass is 9.96. The molecule has 0 aliphatic rings. The number of hydrogen-bond acceptors (Lipinski definition) is 6. The molecule has 39 heavy (non-hydrogen) atoms. The number of pyridine rings is 1. The van der Waals surface area contributed by atoms with Gasteiger partial charge in [-0.1, -0.05) is 0 Å². The molecular weight excluding hydrogens is 518 g/mol. The Bertz CT molecular complexity index is 1760. The monoisotopic (exact) mass is 535 g/mol. The van der Waals surface area contributed by atoms with Crippen molar-refractivity contribution in [1.29, 1.82) is 0 Å². The number of alkyl halides is 3. The molecule has 0 saturated heterocycles. The largest absolute Gasteiger partial charge is 0.507 e. The van der Waals surface area contributed by atoms with Crippen molar-refractivity contribution in [3.8, 4) is 39.5 Å². The molecule has 0 spiro atoms. The Morgan fingerprint density at radius 1 is 0.923 bits per heavy atom. The van der Waals surface area contributed by atoms with Gasteiger partial charge in [0.25, 0.3) is 0 Å². The molecule has 0 atom stereocenters. The second-order valence-electron chi connectivity index (χ2n) is 8.65. The van der Waals surface area contributed by atoms with E-state index >= 15 is 4.39 Å². The van der Waals surface area contributed by atoms with Gasteiger partial charge in [-0.15, -0.1) is 0 Å². The highest BCUT2D eigenvalue weighted by atomic mass is 19.4. The second kappa shape index (κ2) is 9.67. The van der Waals surface area contributed by atoms with Gasteiger partial charge in [0.15, 0.2) is 24.1 Å². The van der Waals surface area contributed by atoms with Crippen LogP contribution in [0.15, 0.2) is 67.3 Å². The molecule has 0 saturated carbocycles. The first-order chi connectivity index (χ1) is 18.6. The first kappa shape index (κ1) is 25.6. The normalized spacial score (nSPS) is 11.5. The number of fused-ring (bicyclic) bond motifs is 1. The molecule has 0 aliphatic carbocycles. The Morgan fingerprint density at radius 2 is 1.67 bits per heavy atom. The second-order valence-corrected chi connectivity index (χ2v) is 8.65. The topological polar surface area (TPSA) is 94.3 Å². The van der Waals surface area contributed by atoms with Gasteiger partial charge in [-0.05, 0) is 59.0 Å². The van der Waals surface area contributed by atoms with E-state index in [4.69, 9.17) is 4.74 Å². The number of nitrogens with zero attached hydrogens (tertiary/aromatic N) is 3. The number of carbonyl (C=O) groups excluding carboxylic acids is 2. The van der Waals surface area contributed by atoms with Gasteiger partial charge in [0.1, 0.15) is 11.5 Å². The SMILES string of the molecule is Cn1cc(-c2cc(F)c(Oc3ccc4c(-c5cc(C=O)c(O)c(C(F)(F)F)c5)cncc4c3)c(C=O)c2)cn1. The van der Waals surface area contributed by atoms with E-state index in [0.717, 1.165) is 12.1 Å². The standard InChI is InChI=1S/C28H17F4N3O4/c1-35-12-20(10-34-35)15-4-19(14-37)27(25(29)8-15)39-21-2-3-22-17(6-21)9-33-11-23(22)16-5-18(13-36)26(38)24(7-16)28(30,31)32/h2-14,38H,1H3. The Morgan fingerprint density at radius 3 is 2.33 bits per heavy atom. The van der Waals surface area contributed by atoms with Crippen molar-refractivity contribution in [2.75, 3.05) is 0 Å². The van der Waals surface area contributed by atoms with Gasteiger partial charge in [-0.2, -0.15) is 18.3 Å². The van der Waals surface area contributed by atoms with E-state index in [2.05, 4.69) is 10.1 Å². The predicted octanol–water partition coefficient (Wildman–Crippen LogP) is 6.58. The smallest absolute Gasteiger partial charge is 0.420 e. The van der Waals surface area contributed by atoms with Crippen LogP contribution in [-0.4, -0.2) is 32.4 Å². The Labute approximate surface area is 217 Å². The highest BCUT2D eigenvalue weighted by Crippen LogP contribution is 2.41. The fourth-order valence-electron chi connectivity index (χ4n) is 4.23. The van der Waals surface area contributed by atoms with Crippen molar-refractivity contribution in [2.45, 2.75) is 6.18 Å². The summed E-state index contributed by atoms with van der Waals surface area (Å²) in [6, 6.07) is 9.03. The van der Waals surface area contributed by atoms with Gasteiger partial charge in [-0.3, -0.25) is 19.3 Å². The maximum atomic E-state index is 15.0. The number of halogens is 4. The van der Waals surface area contributed by atoms with Crippen molar-refractivity contribution < 1.29 is 37.0 Å². The number of phenols is 1. The number of carbonyl (C=O) groups is 2. The Kier molecular flexibility index (Phi) is 6.35. The average molecular weight is 535 g/mol. The third-order valence-electron chi connectivity index (χ3n) is 6.07. The zero-order valence-electron chi connectivity index (χ0n) is 20.0. The Hall–Kier alpha value is -5.06. The lowest BCUT2D eigenvalue weighted by Gasteiger charge is -2.15. The molecule has 5 aromatic rings. The van der Waals surface area contributed by atoms with Gasteiger partial charge in [0, 0.05) is 42.2 Å². The molecule has 0 unspecified atom stereocenters. The van der Waals surface area contributed by atoms with Crippen LogP contribution in [0.3, 0.4) is 0 Å². The number of aromatic hydroxyl groups is 1. The van der Waals surface area contributed by atoms with Crippen LogP contribution in [-0.2, 0) is 13.2 Å². The predicted molar refractivity (Wildman–Crippen MR) is 133 cm³/mol. The van der Waals surface area contributed by atoms with E-state index in [9.17, 15) is 27.9 Å². The summed E-state index contributed by atoms with van der Waals surface area (Å²) in [6.07, 6.45) is 1.66. The van der Waals surface area contributed by atoms with Crippen molar-refractivity contribution >= 4 is 23.3 Å². The first-order valence-corrected chi connectivity index (χ1v) is 11.3. The zero-order valence-corrected chi connectivity index (χ0v) is 20.0. The summed E-state index contributed by atoms with van der Waals surface area (Å²) in [5, 5.41) is 14.8. The van der Waals surface area contributed by atoms with E-state index in [1.807, 2.05) is 0 Å². The number of aldehydes is 2. The number of phenolic OH excluding ortho intramolecular Hbond substituents is 1. The summed E-state index contributed by atoms with van der Waals surface area (Å²) < 4.78 is 62.8. The third-order valence-corrected chi connectivity index (χ3v) is 6.07. The van der Waals surface area contributed by atoms with E-state index in [1.165, 1.54) is 53.6 Å². The van der Waals surface area contributed by atoms with Crippen LogP contribution in [0.1, 0.15) is 26.3 Å². The van der Waals surface area contributed by atoms with Crippen molar-refractivity contribution in [1.82, 2.24) is 14.8 Å². The molecule has 0 bridgehead atoms. The molecule has 7 nitrogen and oxygen atoms in total. The number of aryl methyl sites for hydroxylation is 1. The van der Waals surface area contributed by atoms with Crippen LogP contribution in [0.5, 0.6) is 17.2 Å². The van der Waals surface area contributed by atoms with Crippen molar-refractivity contribution in [2.24, 2.45) is 7.05 Å². The van der Waals surface area contributed by atoms with Crippen LogP contribution in [0.25, 0.3) is 33.0 Å². The molecule has 0 aliphatic heterocycles. The molecule has 3 aromatic carbocycles. The fourth-order valence-corrected chi connectivity index (χ4v) is 4.23. The molecular formula is C28H17F4N3O4. The van der Waals surface area contributed by atoms with Gasteiger partial charge < -0.3 is 9.84 Å². The minimum atomic E-state index is -4.90. The zero-order chi connectivity index (χ0) is 27.9. The highest BCUT2D eigenvalue weighted by molar-refractivity contribution is 5.98. The molecule has 1 N–H and O–H groups in total. The lowest BCUT2D eigenvalue weighted by molar-refractivity contribution is -0.138. The highest BCUT2D eigenvalue weighted by Gasteiger charge is 2.35. The van der Waals surface area contributed by atoms with E-state index in [-0.39, 0.29) is 34.5 Å². The molecule has 11 heteroatoms. The number of aromatic nitrogens is 3. The summed E-state index contributed by atoms with van der Waals surface area (Å²) in [4.78, 5) is 27.2. The number of rotatable bonds is 6. The maximum Gasteiger partial charge on any atom is 0.420 e. The Balaban J connectivity index is 1.55.